The number of carbonyl (C=O) groups is 2. The predicted molar refractivity (Wildman–Crippen MR) is 151 cm³/mol. The summed E-state index contributed by atoms with van der Waals surface area (Å²) < 4.78 is 17.2. The van der Waals surface area contributed by atoms with Gasteiger partial charge in [0.15, 0.2) is 11.9 Å². The molecule has 1 amide bonds. The number of unbranched alkanes of at least 4 members (excludes halogenated alkanes) is 1. The minimum absolute atomic E-state index is 0.0113. The van der Waals surface area contributed by atoms with Crippen LogP contribution in [0.25, 0.3) is 0 Å². The van der Waals surface area contributed by atoms with Crippen LogP contribution >= 0.6 is 0 Å². The molecule has 1 unspecified atom stereocenters. The second kappa shape index (κ2) is 13.8. The Morgan fingerprint density at radius 2 is 1.74 bits per heavy atom. The second-order valence-corrected chi connectivity index (χ2v) is 11.9. The summed E-state index contributed by atoms with van der Waals surface area (Å²) in [7, 11) is 1.43. The van der Waals surface area contributed by atoms with E-state index in [-0.39, 0.29) is 30.0 Å². The van der Waals surface area contributed by atoms with Crippen LogP contribution in [0.4, 0.5) is 0 Å². The summed E-state index contributed by atoms with van der Waals surface area (Å²) in [5.41, 5.74) is 2.48. The highest BCUT2D eigenvalue weighted by Gasteiger charge is 2.52. The Labute approximate surface area is 233 Å². The third-order valence-corrected chi connectivity index (χ3v) is 9.44. The fourth-order valence-electron chi connectivity index (χ4n) is 7.26. The Bertz CT molecular complexity index is 1000. The number of carbonyl (C=O) groups excluding carboxylic acids is 2. The standard InChI is InChI=1S/C32H46N2O5/c1-37-29(35)19-15-24-13-6-5-12-23(24)14-16-25-27-17-18-28(39-27)30(25)32-34-26(21-38-32)31(36)33-20-8-7-11-22-9-3-2-4-10-22/h5-6,12-13,22,25-28,30H,2-4,7-11,14-21H2,1H3,(H,33,36)/t25-,26?,27-,28+,30-/m0/s1. The lowest BCUT2D eigenvalue weighted by molar-refractivity contribution is -0.140. The van der Waals surface area contributed by atoms with Crippen molar-refractivity contribution in [3.63, 3.8) is 0 Å². The fourth-order valence-corrected chi connectivity index (χ4v) is 7.26. The van der Waals surface area contributed by atoms with Crippen LogP contribution in [0, 0.1) is 17.8 Å². The van der Waals surface area contributed by atoms with Gasteiger partial charge < -0.3 is 19.5 Å². The predicted octanol–water partition coefficient (Wildman–Crippen LogP) is 5.18. The third kappa shape index (κ3) is 7.22. The van der Waals surface area contributed by atoms with Gasteiger partial charge in [0.1, 0.15) is 6.61 Å². The Morgan fingerprint density at radius 1 is 0.974 bits per heavy atom. The van der Waals surface area contributed by atoms with Crippen molar-refractivity contribution in [1.82, 2.24) is 5.32 Å². The average Bonchev–Trinajstić information content (AvgIpc) is 3.72. The van der Waals surface area contributed by atoms with E-state index in [0.29, 0.717) is 25.4 Å². The number of rotatable bonds is 13. The Hall–Kier alpha value is -2.41. The first kappa shape index (κ1) is 28.1. The van der Waals surface area contributed by atoms with Crippen LogP contribution in [-0.2, 0) is 36.6 Å². The zero-order chi connectivity index (χ0) is 27.0. The molecular formula is C32H46N2O5. The number of hydrogen-bond acceptors (Lipinski definition) is 6. The van der Waals surface area contributed by atoms with Crippen molar-refractivity contribution in [1.29, 1.82) is 0 Å². The molecule has 214 valence electrons. The average molecular weight is 539 g/mol. The molecule has 39 heavy (non-hydrogen) atoms. The Kier molecular flexibility index (Phi) is 9.94. The van der Waals surface area contributed by atoms with Crippen LogP contribution in [0.5, 0.6) is 0 Å². The number of amides is 1. The Morgan fingerprint density at radius 3 is 2.54 bits per heavy atom. The molecule has 5 rings (SSSR count). The van der Waals surface area contributed by atoms with E-state index in [1.165, 1.54) is 63.2 Å². The number of fused-ring (bicyclic) bond motifs is 2. The molecule has 3 heterocycles. The number of ether oxygens (including phenoxy) is 3. The van der Waals surface area contributed by atoms with Gasteiger partial charge in [0.25, 0.3) is 0 Å². The van der Waals surface area contributed by atoms with E-state index in [0.717, 1.165) is 50.5 Å². The van der Waals surface area contributed by atoms with E-state index >= 15 is 0 Å². The smallest absolute Gasteiger partial charge is 0.305 e. The molecule has 0 radical (unpaired) electrons. The maximum absolute atomic E-state index is 12.8. The molecule has 5 atom stereocenters. The quantitative estimate of drug-likeness (QED) is 0.276. The number of aryl methyl sites for hydroxylation is 2. The monoisotopic (exact) mass is 538 g/mol. The van der Waals surface area contributed by atoms with Gasteiger partial charge in [-0.25, -0.2) is 4.99 Å². The highest BCUT2D eigenvalue weighted by atomic mass is 16.5. The highest BCUT2D eigenvalue weighted by molar-refractivity contribution is 5.90. The molecule has 1 aliphatic carbocycles. The van der Waals surface area contributed by atoms with Crippen LogP contribution in [-0.4, -0.2) is 56.3 Å². The molecular weight excluding hydrogens is 492 g/mol. The maximum atomic E-state index is 12.8. The van der Waals surface area contributed by atoms with Crippen LogP contribution < -0.4 is 5.32 Å². The van der Waals surface area contributed by atoms with Gasteiger partial charge >= 0.3 is 5.97 Å². The number of benzene rings is 1. The van der Waals surface area contributed by atoms with Crippen molar-refractivity contribution in [3.8, 4) is 0 Å². The summed E-state index contributed by atoms with van der Waals surface area (Å²) in [5.74, 6) is 1.89. The molecule has 7 heteroatoms. The number of esters is 1. The summed E-state index contributed by atoms with van der Waals surface area (Å²) in [4.78, 5) is 29.3. The van der Waals surface area contributed by atoms with Crippen LogP contribution in [0.15, 0.2) is 29.3 Å². The van der Waals surface area contributed by atoms with Crippen molar-refractivity contribution in [2.24, 2.45) is 22.7 Å². The van der Waals surface area contributed by atoms with Crippen LogP contribution in [0.3, 0.4) is 0 Å². The largest absolute Gasteiger partial charge is 0.478 e. The lowest BCUT2D eigenvalue weighted by atomic mass is 9.76. The highest BCUT2D eigenvalue weighted by Crippen LogP contribution is 2.47. The van der Waals surface area contributed by atoms with Gasteiger partial charge in [0.2, 0.25) is 5.91 Å². The molecule has 0 aromatic heterocycles. The van der Waals surface area contributed by atoms with E-state index in [1.54, 1.807) is 0 Å². The molecule has 4 aliphatic rings. The second-order valence-electron chi connectivity index (χ2n) is 11.9. The molecule has 3 aliphatic heterocycles. The SMILES string of the molecule is COC(=O)CCc1ccccc1CC[C@@H]1[C@H](C2=NC(C(=O)NCCCCC3CCCCC3)CO2)[C@H]2CC[C@@H]1O2. The number of methoxy groups -OCH3 is 1. The van der Waals surface area contributed by atoms with Crippen molar-refractivity contribution < 1.29 is 23.8 Å². The lowest BCUT2D eigenvalue weighted by Crippen LogP contribution is -2.35. The summed E-state index contributed by atoms with van der Waals surface area (Å²) in [6.07, 6.45) is 15.9. The minimum Gasteiger partial charge on any atom is -0.478 e. The van der Waals surface area contributed by atoms with Gasteiger partial charge in [-0.05, 0) is 61.5 Å². The summed E-state index contributed by atoms with van der Waals surface area (Å²) in [6, 6.07) is 7.92. The summed E-state index contributed by atoms with van der Waals surface area (Å²) >= 11 is 0. The van der Waals surface area contributed by atoms with Crippen LogP contribution in [0.2, 0.25) is 0 Å². The molecule has 2 saturated heterocycles. The summed E-state index contributed by atoms with van der Waals surface area (Å²) in [6.45, 7) is 1.06. The zero-order valence-corrected chi connectivity index (χ0v) is 23.6. The van der Waals surface area contributed by atoms with E-state index in [9.17, 15) is 9.59 Å². The molecule has 1 saturated carbocycles. The van der Waals surface area contributed by atoms with Gasteiger partial charge in [0.05, 0.1) is 25.2 Å². The normalized spacial score (nSPS) is 28.2. The minimum atomic E-state index is -0.447. The van der Waals surface area contributed by atoms with Crippen molar-refractivity contribution >= 4 is 17.8 Å². The molecule has 0 spiro atoms. The number of nitrogens with one attached hydrogen (secondary N) is 1. The Balaban J connectivity index is 1.11. The first-order valence-corrected chi connectivity index (χ1v) is 15.4. The number of aliphatic imine (C=N–C) groups is 1. The molecule has 2 bridgehead atoms. The van der Waals surface area contributed by atoms with Gasteiger partial charge in [0, 0.05) is 13.0 Å². The van der Waals surface area contributed by atoms with Crippen molar-refractivity contribution in [3.05, 3.63) is 35.4 Å². The van der Waals surface area contributed by atoms with Crippen LogP contribution in [0.1, 0.15) is 88.2 Å². The summed E-state index contributed by atoms with van der Waals surface area (Å²) in [5, 5.41) is 3.11. The fraction of sp³-hybridized carbons (Fsp3) is 0.719. The lowest BCUT2D eigenvalue weighted by Gasteiger charge is -2.27. The van der Waals surface area contributed by atoms with Gasteiger partial charge in [-0.3, -0.25) is 9.59 Å². The van der Waals surface area contributed by atoms with Gasteiger partial charge in [-0.1, -0.05) is 69.2 Å². The number of nitrogens with zero attached hydrogens (tertiary/aromatic N) is 1. The van der Waals surface area contributed by atoms with Crippen molar-refractivity contribution in [2.45, 2.75) is 108 Å². The molecule has 1 aromatic rings. The van der Waals surface area contributed by atoms with Gasteiger partial charge in [-0.2, -0.15) is 0 Å². The molecule has 1 N–H and O–H groups in total. The molecule has 3 fully saturated rings. The van der Waals surface area contributed by atoms with E-state index < -0.39 is 6.04 Å². The maximum Gasteiger partial charge on any atom is 0.305 e. The van der Waals surface area contributed by atoms with E-state index in [4.69, 9.17) is 19.2 Å². The van der Waals surface area contributed by atoms with E-state index in [1.807, 2.05) is 6.07 Å². The first-order valence-electron chi connectivity index (χ1n) is 15.4. The zero-order valence-electron chi connectivity index (χ0n) is 23.6. The van der Waals surface area contributed by atoms with Gasteiger partial charge in [-0.15, -0.1) is 0 Å². The molecule has 7 nitrogen and oxygen atoms in total. The third-order valence-electron chi connectivity index (χ3n) is 9.44. The first-order chi connectivity index (χ1) is 19.1. The molecule has 1 aromatic carbocycles. The van der Waals surface area contributed by atoms with E-state index in [2.05, 4.69) is 23.5 Å². The van der Waals surface area contributed by atoms with Crippen molar-refractivity contribution in [2.75, 3.05) is 20.3 Å². The number of hydrogen-bond donors (Lipinski definition) is 1. The topological polar surface area (TPSA) is 86.2 Å².